The van der Waals surface area contributed by atoms with Gasteiger partial charge in [-0.1, -0.05) is 61.9 Å². The Balaban J connectivity index is 1.72. The summed E-state index contributed by atoms with van der Waals surface area (Å²) in [5, 5.41) is 2.99. The van der Waals surface area contributed by atoms with Gasteiger partial charge < -0.3 is 19.7 Å². The van der Waals surface area contributed by atoms with Gasteiger partial charge in [0.1, 0.15) is 29.8 Å². The molecule has 0 unspecified atom stereocenters. The van der Waals surface area contributed by atoms with E-state index in [2.05, 4.69) is 5.32 Å². The Hall–Kier alpha value is -4.83. The van der Waals surface area contributed by atoms with Crippen LogP contribution in [-0.4, -0.2) is 50.9 Å². The van der Waals surface area contributed by atoms with Crippen LogP contribution in [0.5, 0.6) is 17.2 Å². The first-order valence-electron chi connectivity index (χ1n) is 15.7. The molecule has 0 heterocycles. The maximum Gasteiger partial charge on any atom is 0.264 e. The van der Waals surface area contributed by atoms with Crippen LogP contribution in [0.25, 0.3) is 0 Å². The molecule has 0 bridgehead atoms. The predicted molar refractivity (Wildman–Crippen MR) is 184 cm³/mol. The summed E-state index contributed by atoms with van der Waals surface area (Å²) in [6, 6.07) is 28.5. The summed E-state index contributed by atoms with van der Waals surface area (Å²) in [5.74, 6) is 0.984. The second-order valence-corrected chi connectivity index (χ2v) is 13.2. The van der Waals surface area contributed by atoms with Gasteiger partial charge >= 0.3 is 0 Å². The van der Waals surface area contributed by atoms with E-state index in [9.17, 15) is 18.0 Å². The molecule has 2 amide bonds. The molecule has 0 radical (unpaired) electrons. The van der Waals surface area contributed by atoms with E-state index >= 15 is 0 Å². The zero-order chi connectivity index (χ0) is 34.0. The Kier molecular flexibility index (Phi) is 12.0. The van der Waals surface area contributed by atoms with Crippen LogP contribution in [0, 0.1) is 6.92 Å². The molecule has 248 valence electrons. The fraction of sp³-hybridized carbons (Fsp3) is 0.297. The average molecular weight is 658 g/mol. The van der Waals surface area contributed by atoms with Gasteiger partial charge in [0.25, 0.3) is 10.0 Å². The number of benzene rings is 4. The highest BCUT2D eigenvalue weighted by Crippen LogP contribution is 2.29. The lowest BCUT2D eigenvalue weighted by Crippen LogP contribution is -2.53. The molecule has 47 heavy (non-hydrogen) atoms. The first kappa shape index (κ1) is 35.0. The molecule has 0 spiro atoms. The molecule has 0 saturated heterocycles. The second kappa shape index (κ2) is 16.1. The first-order chi connectivity index (χ1) is 22.5. The third-order valence-electron chi connectivity index (χ3n) is 7.89. The number of hydrogen-bond acceptors (Lipinski definition) is 6. The first-order valence-corrected chi connectivity index (χ1v) is 17.1. The maximum absolute atomic E-state index is 14.3. The minimum Gasteiger partial charge on any atom is -0.497 e. The highest BCUT2D eigenvalue weighted by atomic mass is 32.2. The summed E-state index contributed by atoms with van der Waals surface area (Å²) in [6.07, 6.45) is 1.06. The van der Waals surface area contributed by atoms with Gasteiger partial charge in [0.2, 0.25) is 11.8 Å². The Morgan fingerprint density at radius 3 is 1.96 bits per heavy atom. The number of nitrogens with zero attached hydrogens (tertiary/aromatic N) is 2. The quantitative estimate of drug-likeness (QED) is 0.152. The van der Waals surface area contributed by atoms with E-state index < -0.39 is 28.5 Å². The molecular weight excluding hydrogens is 614 g/mol. The monoisotopic (exact) mass is 657 g/mol. The normalized spacial score (nSPS) is 12.4. The Labute approximate surface area is 278 Å². The lowest BCUT2D eigenvalue weighted by molar-refractivity contribution is -0.140. The number of amides is 2. The van der Waals surface area contributed by atoms with Crippen LogP contribution in [0.4, 0.5) is 5.69 Å². The van der Waals surface area contributed by atoms with Crippen LogP contribution in [0.2, 0.25) is 0 Å². The van der Waals surface area contributed by atoms with Crippen molar-refractivity contribution in [3.05, 3.63) is 114 Å². The van der Waals surface area contributed by atoms with Gasteiger partial charge in [-0.05, 0) is 92.9 Å². The number of carbonyl (C=O) groups is 2. The van der Waals surface area contributed by atoms with Crippen LogP contribution in [0.3, 0.4) is 0 Å². The van der Waals surface area contributed by atoms with E-state index in [1.165, 1.54) is 17.0 Å². The summed E-state index contributed by atoms with van der Waals surface area (Å²) in [5.41, 5.74) is 1.95. The van der Waals surface area contributed by atoms with Crippen molar-refractivity contribution in [2.24, 2.45) is 0 Å². The third kappa shape index (κ3) is 9.13. The lowest BCUT2D eigenvalue weighted by atomic mass is 10.1. The molecule has 2 atom stereocenters. The predicted octanol–water partition coefficient (Wildman–Crippen LogP) is 6.71. The number of rotatable bonds is 15. The topological polar surface area (TPSA) is 105 Å². The largest absolute Gasteiger partial charge is 0.497 e. The fourth-order valence-electron chi connectivity index (χ4n) is 4.96. The molecule has 9 nitrogen and oxygen atoms in total. The molecule has 0 aliphatic heterocycles. The zero-order valence-corrected chi connectivity index (χ0v) is 28.4. The van der Waals surface area contributed by atoms with Crippen LogP contribution < -0.4 is 19.1 Å². The molecule has 1 N–H and O–H groups in total. The molecule has 4 rings (SSSR count). The van der Waals surface area contributed by atoms with E-state index in [4.69, 9.17) is 9.47 Å². The third-order valence-corrected chi connectivity index (χ3v) is 9.68. The van der Waals surface area contributed by atoms with Gasteiger partial charge in [-0.25, -0.2) is 8.42 Å². The molecule has 4 aromatic rings. The van der Waals surface area contributed by atoms with Gasteiger partial charge in [0, 0.05) is 12.6 Å². The number of carbonyl (C=O) groups excluding carboxylic acids is 2. The molecule has 0 saturated carbocycles. The number of anilines is 1. The molecule has 0 aliphatic rings. The Morgan fingerprint density at radius 1 is 0.787 bits per heavy atom. The van der Waals surface area contributed by atoms with Gasteiger partial charge in [0.15, 0.2) is 0 Å². The van der Waals surface area contributed by atoms with Crippen LogP contribution in [0.15, 0.2) is 108 Å². The lowest BCUT2D eigenvalue weighted by Gasteiger charge is -2.33. The number of hydrogen-bond donors (Lipinski definition) is 1. The van der Waals surface area contributed by atoms with Crippen molar-refractivity contribution in [2.45, 2.75) is 64.1 Å². The van der Waals surface area contributed by atoms with Crippen molar-refractivity contribution < 1.29 is 27.5 Å². The molecule has 4 aromatic carbocycles. The number of ether oxygens (including phenoxy) is 2. The Morgan fingerprint density at radius 2 is 1.38 bits per heavy atom. The molecule has 10 heteroatoms. The van der Waals surface area contributed by atoms with Gasteiger partial charge in [-0.3, -0.25) is 13.9 Å². The summed E-state index contributed by atoms with van der Waals surface area (Å²) >= 11 is 0. The van der Waals surface area contributed by atoms with E-state index in [-0.39, 0.29) is 29.1 Å². The maximum atomic E-state index is 14.3. The van der Waals surface area contributed by atoms with Crippen molar-refractivity contribution in [3.63, 3.8) is 0 Å². The van der Waals surface area contributed by atoms with Crippen LogP contribution in [0.1, 0.15) is 44.7 Å². The number of methoxy groups -OCH3 is 1. The highest BCUT2D eigenvalue weighted by molar-refractivity contribution is 7.92. The van der Waals surface area contributed by atoms with E-state index in [0.29, 0.717) is 23.7 Å². The summed E-state index contributed by atoms with van der Waals surface area (Å²) < 4.78 is 40.7. The average Bonchev–Trinajstić information content (AvgIpc) is 3.08. The number of aryl methyl sites for hydroxylation is 1. The molecule has 0 aliphatic carbocycles. The number of sulfonamides is 1. The summed E-state index contributed by atoms with van der Waals surface area (Å²) in [7, 11) is -2.63. The molecule has 0 fully saturated rings. The minimum atomic E-state index is -4.20. The van der Waals surface area contributed by atoms with E-state index in [1.807, 2.05) is 70.2 Å². The van der Waals surface area contributed by atoms with Crippen molar-refractivity contribution in [2.75, 3.05) is 18.0 Å². The zero-order valence-electron chi connectivity index (χ0n) is 27.6. The SMILES string of the molecule is CC[C@H](C)NC(=O)[C@H](CC)N(Cc1ccc(OC)cc1)C(=O)CN(c1ccc(Oc2ccccc2)cc1)S(=O)(=O)c1ccc(C)cc1. The van der Waals surface area contributed by atoms with Crippen LogP contribution in [-0.2, 0) is 26.2 Å². The summed E-state index contributed by atoms with van der Waals surface area (Å²) in [6.45, 7) is 7.14. The minimum absolute atomic E-state index is 0.0452. The smallest absolute Gasteiger partial charge is 0.264 e. The van der Waals surface area contributed by atoms with Gasteiger partial charge in [-0.15, -0.1) is 0 Å². The second-order valence-electron chi connectivity index (χ2n) is 11.3. The number of para-hydroxylation sites is 1. The fourth-order valence-corrected chi connectivity index (χ4v) is 6.37. The summed E-state index contributed by atoms with van der Waals surface area (Å²) in [4.78, 5) is 29.4. The molecular formula is C37H43N3O6S. The standard InChI is InChI=1S/C37H43N3O6S/c1-6-28(4)38-37(42)35(7-2)39(25-29-15-19-31(45-5)20-16-29)36(41)26-40(47(43,44)34-23-13-27(3)14-24-34)30-17-21-33(22-18-30)46-32-11-9-8-10-12-32/h8-24,28,35H,6-7,25-26H2,1-5H3,(H,38,42)/t28-,35-/m0/s1. The highest BCUT2D eigenvalue weighted by Gasteiger charge is 2.34. The Bertz CT molecular complexity index is 1710. The van der Waals surface area contributed by atoms with Crippen molar-refractivity contribution in [1.29, 1.82) is 0 Å². The molecule has 0 aromatic heterocycles. The van der Waals surface area contributed by atoms with Gasteiger partial charge in [0.05, 0.1) is 17.7 Å². The van der Waals surface area contributed by atoms with Crippen molar-refractivity contribution >= 4 is 27.5 Å². The van der Waals surface area contributed by atoms with Crippen LogP contribution >= 0.6 is 0 Å². The number of nitrogens with one attached hydrogen (secondary N) is 1. The van der Waals surface area contributed by atoms with E-state index in [0.717, 1.165) is 21.9 Å². The van der Waals surface area contributed by atoms with Gasteiger partial charge in [-0.2, -0.15) is 0 Å². The van der Waals surface area contributed by atoms with E-state index in [1.54, 1.807) is 55.6 Å². The van der Waals surface area contributed by atoms with Crippen molar-refractivity contribution in [3.8, 4) is 17.2 Å². The van der Waals surface area contributed by atoms with Crippen molar-refractivity contribution in [1.82, 2.24) is 10.2 Å².